The van der Waals surface area contributed by atoms with Crippen molar-refractivity contribution in [2.75, 3.05) is 18.9 Å². The van der Waals surface area contributed by atoms with Crippen molar-refractivity contribution in [3.05, 3.63) is 28.2 Å². The number of anilines is 1. The number of ether oxygens (including phenoxy) is 1. The summed E-state index contributed by atoms with van der Waals surface area (Å²) in [6, 6.07) is 5.46. The van der Waals surface area contributed by atoms with Crippen LogP contribution in [0, 0.1) is 0 Å². The fourth-order valence-corrected chi connectivity index (χ4v) is 2.64. The van der Waals surface area contributed by atoms with Gasteiger partial charge in [-0.3, -0.25) is 4.79 Å². The minimum absolute atomic E-state index is 0.0442. The van der Waals surface area contributed by atoms with Gasteiger partial charge in [0.15, 0.2) is 0 Å². The van der Waals surface area contributed by atoms with Gasteiger partial charge in [-0.2, -0.15) is 0 Å². The summed E-state index contributed by atoms with van der Waals surface area (Å²) in [4.78, 5) is 14.5. The Labute approximate surface area is 122 Å². The van der Waals surface area contributed by atoms with E-state index in [0.29, 0.717) is 24.4 Å². The fourth-order valence-electron chi connectivity index (χ4n) is 2.26. The van der Waals surface area contributed by atoms with E-state index in [0.717, 1.165) is 10.9 Å². The Morgan fingerprint density at radius 1 is 1.58 bits per heavy atom. The van der Waals surface area contributed by atoms with Gasteiger partial charge in [0.1, 0.15) is 0 Å². The van der Waals surface area contributed by atoms with Crippen molar-refractivity contribution < 1.29 is 9.53 Å². The van der Waals surface area contributed by atoms with Crippen LogP contribution in [-0.2, 0) is 4.74 Å². The van der Waals surface area contributed by atoms with Gasteiger partial charge in [-0.05, 0) is 47.5 Å². The molecule has 2 unspecified atom stereocenters. The highest BCUT2D eigenvalue weighted by molar-refractivity contribution is 9.10. The topological polar surface area (TPSA) is 55.6 Å². The zero-order valence-electron chi connectivity index (χ0n) is 11.2. The maximum Gasteiger partial charge on any atom is 0.254 e. The number of nitrogen functional groups attached to an aromatic ring is 1. The molecule has 0 radical (unpaired) electrons. The number of rotatable bonds is 2. The van der Waals surface area contributed by atoms with Crippen molar-refractivity contribution in [2.24, 2.45) is 0 Å². The van der Waals surface area contributed by atoms with Crippen LogP contribution >= 0.6 is 15.9 Å². The predicted octanol–water partition coefficient (Wildman–Crippen LogP) is 2.67. The number of hydrogen-bond donors (Lipinski definition) is 1. The molecule has 1 aromatic rings. The Kier molecular flexibility index (Phi) is 4.47. The second kappa shape index (κ2) is 5.92. The summed E-state index contributed by atoms with van der Waals surface area (Å²) in [6.45, 7) is 5.31. The molecule has 1 saturated heterocycles. The highest BCUT2D eigenvalue weighted by atomic mass is 79.9. The molecular formula is C14H19BrN2O2. The Hall–Kier alpha value is -1.07. The fraction of sp³-hybridized carbons (Fsp3) is 0.500. The summed E-state index contributed by atoms with van der Waals surface area (Å²) >= 11 is 3.36. The normalized spacial score (nSPS) is 23.4. The Morgan fingerprint density at radius 3 is 2.95 bits per heavy atom. The van der Waals surface area contributed by atoms with Gasteiger partial charge < -0.3 is 15.4 Å². The molecule has 0 aliphatic carbocycles. The largest absolute Gasteiger partial charge is 0.398 e. The van der Waals surface area contributed by atoms with E-state index in [9.17, 15) is 4.79 Å². The minimum atomic E-state index is 0.0442. The first-order chi connectivity index (χ1) is 9.02. The molecule has 0 saturated carbocycles. The lowest BCUT2D eigenvalue weighted by molar-refractivity contribution is -0.0444. The van der Waals surface area contributed by atoms with Gasteiger partial charge >= 0.3 is 0 Å². The summed E-state index contributed by atoms with van der Waals surface area (Å²) < 4.78 is 6.37. The molecule has 1 aromatic carbocycles. The lowest BCUT2D eigenvalue weighted by Crippen LogP contribution is -2.51. The number of amides is 1. The monoisotopic (exact) mass is 326 g/mol. The summed E-state index contributed by atoms with van der Waals surface area (Å²) in [5, 5.41) is 0. The van der Waals surface area contributed by atoms with E-state index < -0.39 is 0 Å². The van der Waals surface area contributed by atoms with Gasteiger partial charge in [-0.25, -0.2) is 0 Å². The summed E-state index contributed by atoms with van der Waals surface area (Å²) in [6.07, 6.45) is 0.984. The molecule has 104 valence electrons. The van der Waals surface area contributed by atoms with Crippen LogP contribution in [0.1, 0.15) is 30.6 Å². The standard InChI is InChI=1S/C14H19BrN2O2/c1-3-11-8-19-9(2)7-17(11)14(18)10-4-5-13(16)12(15)6-10/h4-6,9,11H,3,7-8,16H2,1-2H3. The first-order valence-electron chi connectivity index (χ1n) is 6.50. The quantitative estimate of drug-likeness (QED) is 0.850. The van der Waals surface area contributed by atoms with Gasteiger partial charge in [0.05, 0.1) is 18.8 Å². The average Bonchev–Trinajstić information content (AvgIpc) is 2.41. The molecule has 5 heteroatoms. The summed E-state index contributed by atoms with van der Waals surface area (Å²) in [7, 11) is 0. The van der Waals surface area contributed by atoms with Gasteiger partial charge in [0.2, 0.25) is 0 Å². The number of carbonyl (C=O) groups is 1. The minimum Gasteiger partial charge on any atom is -0.398 e. The number of nitrogens with two attached hydrogens (primary N) is 1. The Morgan fingerprint density at radius 2 is 2.32 bits per heavy atom. The van der Waals surface area contributed by atoms with Crippen molar-refractivity contribution in [3.8, 4) is 0 Å². The van der Waals surface area contributed by atoms with E-state index in [-0.39, 0.29) is 18.1 Å². The number of morpholine rings is 1. The molecule has 19 heavy (non-hydrogen) atoms. The first kappa shape index (κ1) is 14.3. The van der Waals surface area contributed by atoms with E-state index in [1.807, 2.05) is 11.8 Å². The molecule has 4 nitrogen and oxygen atoms in total. The molecule has 0 aromatic heterocycles. The van der Waals surface area contributed by atoms with E-state index in [4.69, 9.17) is 10.5 Å². The van der Waals surface area contributed by atoms with Crippen molar-refractivity contribution in [3.63, 3.8) is 0 Å². The van der Waals surface area contributed by atoms with Gasteiger partial charge in [-0.1, -0.05) is 6.92 Å². The lowest BCUT2D eigenvalue weighted by atomic mass is 10.1. The molecule has 1 heterocycles. The molecule has 0 bridgehead atoms. The second-order valence-corrected chi connectivity index (χ2v) is 5.75. The molecule has 0 spiro atoms. The van der Waals surface area contributed by atoms with E-state index >= 15 is 0 Å². The zero-order valence-corrected chi connectivity index (χ0v) is 12.8. The van der Waals surface area contributed by atoms with E-state index in [1.54, 1.807) is 18.2 Å². The number of carbonyl (C=O) groups excluding carboxylic acids is 1. The van der Waals surface area contributed by atoms with Crippen LogP contribution in [0.5, 0.6) is 0 Å². The van der Waals surface area contributed by atoms with Crippen LogP contribution in [-0.4, -0.2) is 36.1 Å². The third-order valence-electron chi connectivity index (χ3n) is 3.45. The number of halogens is 1. The highest BCUT2D eigenvalue weighted by Gasteiger charge is 2.30. The van der Waals surface area contributed by atoms with Crippen LogP contribution in [0.2, 0.25) is 0 Å². The van der Waals surface area contributed by atoms with Crippen LogP contribution in [0.15, 0.2) is 22.7 Å². The molecular weight excluding hydrogens is 308 g/mol. The van der Waals surface area contributed by atoms with Gasteiger partial charge in [-0.15, -0.1) is 0 Å². The molecule has 1 amide bonds. The maximum atomic E-state index is 12.6. The Balaban J connectivity index is 2.23. The molecule has 2 rings (SSSR count). The van der Waals surface area contributed by atoms with Crippen molar-refractivity contribution >= 4 is 27.5 Å². The van der Waals surface area contributed by atoms with Crippen molar-refractivity contribution in [1.29, 1.82) is 0 Å². The number of benzene rings is 1. The third kappa shape index (κ3) is 3.09. The highest BCUT2D eigenvalue weighted by Crippen LogP contribution is 2.23. The predicted molar refractivity (Wildman–Crippen MR) is 79.1 cm³/mol. The van der Waals surface area contributed by atoms with Crippen LogP contribution < -0.4 is 5.73 Å². The van der Waals surface area contributed by atoms with Crippen LogP contribution in [0.25, 0.3) is 0 Å². The molecule has 2 atom stereocenters. The van der Waals surface area contributed by atoms with E-state index in [1.165, 1.54) is 0 Å². The van der Waals surface area contributed by atoms with Crippen LogP contribution in [0.3, 0.4) is 0 Å². The molecule has 1 aliphatic heterocycles. The number of hydrogen-bond acceptors (Lipinski definition) is 3. The zero-order chi connectivity index (χ0) is 14.0. The van der Waals surface area contributed by atoms with Gasteiger partial charge in [0.25, 0.3) is 5.91 Å². The SMILES string of the molecule is CCC1COC(C)CN1C(=O)c1ccc(N)c(Br)c1. The molecule has 2 N–H and O–H groups in total. The van der Waals surface area contributed by atoms with Crippen molar-refractivity contribution in [1.82, 2.24) is 4.90 Å². The summed E-state index contributed by atoms with van der Waals surface area (Å²) in [5.41, 5.74) is 7.05. The smallest absolute Gasteiger partial charge is 0.254 e. The first-order valence-corrected chi connectivity index (χ1v) is 7.29. The average molecular weight is 327 g/mol. The summed E-state index contributed by atoms with van der Waals surface area (Å²) in [5.74, 6) is 0.0442. The number of nitrogens with zero attached hydrogens (tertiary/aromatic N) is 1. The molecule has 1 aliphatic rings. The van der Waals surface area contributed by atoms with Crippen molar-refractivity contribution in [2.45, 2.75) is 32.4 Å². The van der Waals surface area contributed by atoms with E-state index in [2.05, 4.69) is 22.9 Å². The van der Waals surface area contributed by atoms with Crippen LogP contribution in [0.4, 0.5) is 5.69 Å². The third-order valence-corrected chi connectivity index (χ3v) is 4.13. The molecule has 1 fully saturated rings. The lowest BCUT2D eigenvalue weighted by Gasteiger charge is -2.38. The maximum absolute atomic E-state index is 12.6. The second-order valence-electron chi connectivity index (χ2n) is 4.90. The van der Waals surface area contributed by atoms with Gasteiger partial charge in [0, 0.05) is 22.3 Å². The Bertz CT molecular complexity index is 479.